The number of nitrogens with two attached hydrogens (primary N) is 1. The molecule has 1 fully saturated rings. The van der Waals surface area contributed by atoms with Crippen molar-refractivity contribution in [1.29, 1.82) is 0 Å². The first-order chi connectivity index (χ1) is 9.82. The van der Waals surface area contributed by atoms with Crippen LogP contribution < -0.4 is 5.73 Å². The van der Waals surface area contributed by atoms with Crippen molar-refractivity contribution in [2.75, 3.05) is 46.0 Å². The van der Waals surface area contributed by atoms with E-state index >= 15 is 0 Å². The Labute approximate surface area is 125 Å². The van der Waals surface area contributed by atoms with E-state index in [1.54, 1.807) is 12.1 Å². The molecule has 0 saturated carbocycles. The quantitative estimate of drug-likeness (QED) is 0.813. The van der Waals surface area contributed by atoms with E-state index in [-0.39, 0.29) is 11.5 Å². The van der Waals surface area contributed by atoms with Crippen LogP contribution in [0.1, 0.15) is 5.56 Å². The Bertz CT molecular complexity index is 598. The van der Waals surface area contributed by atoms with E-state index < -0.39 is 10.2 Å². The van der Waals surface area contributed by atoms with Crippen molar-refractivity contribution in [3.8, 4) is 0 Å². The Kier molecular flexibility index (Phi) is 4.82. The number of piperazine rings is 1. The van der Waals surface area contributed by atoms with Crippen LogP contribution in [-0.2, 0) is 16.8 Å². The topological polar surface area (TPSA) is 69.9 Å². The van der Waals surface area contributed by atoms with Crippen LogP contribution in [0.2, 0.25) is 0 Å². The molecule has 8 heteroatoms. The molecular weight excluding hydrogens is 295 g/mol. The molecule has 1 saturated heterocycles. The highest BCUT2D eigenvalue weighted by Gasteiger charge is 2.28. The Morgan fingerprint density at radius 1 is 1.24 bits per heavy atom. The van der Waals surface area contributed by atoms with E-state index in [2.05, 4.69) is 0 Å². The van der Waals surface area contributed by atoms with Gasteiger partial charge in [-0.05, 0) is 6.07 Å². The van der Waals surface area contributed by atoms with Gasteiger partial charge in [-0.15, -0.1) is 0 Å². The van der Waals surface area contributed by atoms with E-state index in [4.69, 9.17) is 5.73 Å². The maximum Gasteiger partial charge on any atom is 0.281 e. The number of anilines is 1. The highest BCUT2D eigenvalue weighted by Crippen LogP contribution is 2.18. The van der Waals surface area contributed by atoms with Crippen LogP contribution in [0, 0.1) is 5.82 Å². The lowest BCUT2D eigenvalue weighted by Gasteiger charge is -2.35. The monoisotopic (exact) mass is 316 g/mol. The van der Waals surface area contributed by atoms with Crippen molar-refractivity contribution in [2.24, 2.45) is 0 Å². The van der Waals surface area contributed by atoms with Gasteiger partial charge in [0.05, 0.1) is 5.69 Å². The molecule has 0 bridgehead atoms. The predicted molar refractivity (Wildman–Crippen MR) is 80.3 cm³/mol. The largest absolute Gasteiger partial charge is 0.396 e. The Morgan fingerprint density at radius 2 is 1.86 bits per heavy atom. The molecule has 1 heterocycles. The van der Waals surface area contributed by atoms with Gasteiger partial charge in [0.2, 0.25) is 0 Å². The minimum atomic E-state index is -3.37. The zero-order valence-electron chi connectivity index (χ0n) is 12.3. The summed E-state index contributed by atoms with van der Waals surface area (Å²) in [7, 11) is -0.330. The second-order valence-corrected chi connectivity index (χ2v) is 7.43. The maximum atomic E-state index is 13.9. The third kappa shape index (κ3) is 3.52. The molecule has 6 nitrogen and oxygen atoms in total. The molecule has 118 valence electrons. The lowest BCUT2D eigenvalue weighted by atomic mass is 10.1. The summed E-state index contributed by atoms with van der Waals surface area (Å²) in [4.78, 5) is 2.03. The number of halogens is 1. The van der Waals surface area contributed by atoms with Crippen LogP contribution in [0.3, 0.4) is 0 Å². The molecule has 0 radical (unpaired) electrons. The normalized spacial score (nSPS) is 18.3. The van der Waals surface area contributed by atoms with Gasteiger partial charge in [-0.2, -0.15) is 17.0 Å². The van der Waals surface area contributed by atoms with Crippen molar-refractivity contribution in [2.45, 2.75) is 6.54 Å². The molecule has 0 aliphatic carbocycles. The van der Waals surface area contributed by atoms with Crippen molar-refractivity contribution >= 4 is 15.9 Å². The fourth-order valence-electron chi connectivity index (χ4n) is 2.31. The molecule has 2 N–H and O–H groups in total. The molecule has 0 atom stereocenters. The number of rotatable bonds is 4. The van der Waals surface area contributed by atoms with Gasteiger partial charge in [-0.25, -0.2) is 4.39 Å². The van der Waals surface area contributed by atoms with Gasteiger partial charge in [-0.1, -0.05) is 12.1 Å². The van der Waals surface area contributed by atoms with E-state index in [9.17, 15) is 12.8 Å². The molecule has 1 aromatic rings. The smallest absolute Gasteiger partial charge is 0.281 e. The van der Waals surface area contributed by atoms with Crippen molar-refractivity contribution in [3.63, 3.8) is 0 Å². The molecule has 1 aliphatic heterocycles. The van der Waals surface area contributed by atoms with Gasteiger partial charge >= 0.3 is 0 Å². The van der Waals surface area contributed by atoms with Gasteiger partial charge in [-0.3, -0.25) is 4.90 Å². The van der Waals surface area contributed by atoms with Gasteiger partial charge < -0.3 is 5.73 Å². The minimum absolute atomic E-state index is 0.140. The van der Waals surface area contributed by atoms with Crippen LogP contribution in [0.15, 0.2) is 18.2 Å². The fourth-order valence-corrected chi connectivity index (χ4v) is 3.40. The number of hydrogen-bond donors (Lipinski definition) is 1. The van der Waals surface area contributed by atoms with E-state index in [1.165, 1.54) is 28.8 Å². The zero-order chi connectivity index (χ0) is 15.6. The van der Waals surface area contributed by atoms with Gasteiger partial charge in [0.15, 0.2) is 5.82 Å². The summed E-state index contributed by atoms with van der Waals surface area (Å²) in [5, 5.41) is 0. The van der Waals surface area contributed by atoms with E-state index in [0.717, 1.165) is 0 Å². The fraction of sp³-hybridized carbons (Fsp3) is 0.538. The summed E-state index contributed by atoms with van der Waals surface area (Å²) in [5.41, 5.74) is 6.23. The number of nitrogen functional groups attached to an aromatic ring is 1. The van der Waals surface area contributed by atoms with Crippen LogP contribution in [0.25, 0.3) is 0 Å². The lowest BCUT2D eigenvalue weighted by Crippen LogP contribution is -2.51. The van der Waals surface area contributed by atoms with Crippen LogP contribution in [-0.4, -0.2) is 62.2 Å². The summed E-state index contributed by atoms with van der Waals surface area (Å²) >= 11 is 0. The summed E-state index contributed by atoms with van der Waals surface area (Å²) in [6.45, 7) is 2.39. The molecular formula is C13H21FN4O2S. The number of nitrogens with zero attached hydrogens (tertiary/aromatic N) is 3. The van der Waals surface area contributed by atoms with Crippen LogP contribution >= 0.6 is 0 Å². The molecule has 21 heavy (non-hydrogen) atoms. The lowest BCUT2D eigenvalue weighted by molar-refractivity contribution is 0.175. The zero-order valence-corrected chi connectivity index (χ0v) is 13.1. The first-order valence-electron chi connectivity index (χ1n) is 6.75. The first-order valence-corrected chi connectivity index (χ1v) is 8.15. The van der Waals surface area contributed by atoms with Gasteiger partial charge in [0, 0.05) is 52.4 Å². The van der Waals surface area contributed by atoms with Crippen LogP contribution in [0.5, 0.6) is 0 Å². The molecule has 1 aliphatic rings. The van der Waals surface area contributed by atoms with Crippen molar-refractivity contribution < 1.29 is 12.8 Å². The standard InChI is InChI=1S/C13H21FN4O2S/c1-16(2)21(19,20)18-8-6-17(7-9-18)10-11-4-3-5-12(15)13(11)14/h3-5H,6-10,15H2,1-2H3. The summed E-state index contributed by atoms with van der Waals surface area (Å²) in [6.07, 6.45) is 0. The Morgan fingerprint density at radius 3 is 2.43 bits per heavy atom. The average Bonchev–Trinajstić information content (AvgIpc) is 2.44. The van der Waals surface area contributed by atoms with Gasteiger partial charge in [0.1, 0.15) is 0 Å². The van der Waals surface area contributed by atoms with Crippen molar-refractivity contribution in [1.82, 2.24) is 13.5 Å². The minimum Gasteiger partial charge on any atom is -0.396 e. The second-order valence-electron chi connectivity index (χ2n) is 5.29. The highest BCUT2D eigenvalue weighted by atomic mass is 32.2. The summed E-state index contributed by atoms with van der Waals surface area (Å²) < 4.78 is 40.5. The molecule has 0 unspecified atom stereocenters. The average molecular weight is 316 g/mol. The van der Waals surface area contributed by atoms with Gasteiger partial charge in [0.25, 0.3) is 10.2 Å². The Balaban J connectivity index is 1.98. The molecule has 1 aromatic carbocycles. The number of benzene rings is 1. The SMILES string of the molecule is CN(C)S(=O)(=O)N1CCN(Cc2cccc(N)c2F)CC1. The predicted octanol–water partition coefficient (Wildman–Crippen LogP) is 0.332. The third-order valence-corrected chi connectivity index (χ3v) is 5.56. The Hall–Kier alpha value is -1.22. The van der Waals surface area contributed by atoms with E-state index in [0.29, 0.717) is 38.3 Å². The van der Waals surface area contributed by atoms with Crippen molar-refractivity contribution in [3.05, 3.63) is 29.6 Å². The molecule has 2 rings (SSSR count). The maximum absolute atomic E-state index is 13.9. The van der Waals surface area contributed by atoms with Crippen LogP contribution in [0.4, 0.5) is 10.1 Å². The summed E-state index contributed by atoms with van der Waals surface area (Å²) in [5.74, 6) is -0.388. The summed E-state index contributed by atoms with van der Waals surface area (Å²) in [6, 6.07) is 4.95. The van der Waals surface area contributed by atoms with E-state index in [1.807, 2.05) is 4.90 Å². The first kappa shape index (κ1) is 16.2. The molecule has 0 aromatic heterocycles. The number of hydrogen-bond acceptors (Lipinski definition) is 4. The second kappa shape index (κ2) is 6.27. The molecule has 0 spiro atoms. The molecule has 0 amide bonds. The highest BCUT2D eigenvalue weighted by molar-refractivity contribution is 7.86. The third-order valence-electron chi connectivity index (χ3n) is 3.62.